The third-order valence-corrected chi connectivity index (χ3v) is 4.07. The molecule has 0 fully saturated rings. The van der Waals surface area contributed by atoms with Gasteiger partial charge in [-0.1, -0.05) is 0 Å². The summed E-state index contributed by atoms with van der Waals surface area (Å²) in [6.45, 7) is 0.620. The highest BCUT2D eigenvalue weighted by molar-refractivity contribution is 7.99. The molecule has 0 amide bonds. The molecule has 0 unspecified atom stereocenters. The van der Waals surface area contributed by atoms with E-state index in [0.717, 1.165) is 27.3 Å². The van der Waals surface area contributed by atoms with Crippen LogP contribution in [0.4, 0.5) is 0 Å². The van der Waals surface area contributed by atoms with Gasteiger partial charge in [0.1, 0.15) is 5.03 Å². The third kappa shape index (κ3) is 1.97. The average Bonchev–Trinajstić information content (AvgIpc) is 2.99. The fraction of sp³-hybridized carbons (Fsp3) is 0.200. The molecule has 0 saturated heterocycles. The summed E-state index contributed by atoms with van der Waals surface area (Å²) < 4.78 is 2.10. The minimum Gasteiger partial charge on any atom is -0.339 e. The second-order valence-corrected chi connectivity index (χ2v) is 5.30. The number of hydrogen-bond donors (Lipinski definition) is 2. The van der Waals surface area contributed by atoms with Gasteiger partial charge in [0, 0.05) is 30.4 Å². The van der Waals surface area contributed by atoms with Crippen LogP contribution in [0.3, 0.4) is 0 Å². The average molecular weight is 265 g/mol. The van der Waals surface area contributed by atoms with Crippen LogP contribution in [0.1, 0.15) is 5.69 Å². The number of hydrogen-bond acceptors (Lipinski definition) is 5. The fourth-order valence-electron chi connectivity index (χ4n) is 1.66. The van der Waals surface area contributed by atoms with E-state index in [-0.39, 0.29) is 0 Å². The number of rotatable bonds is 4. The molecule has 3 heterocycles. The highest BCUT2D eigenvalue weighted by atomic mass is 32.2. The number of fused-ring (bicyclic) bond motifs is 1. The van der Waals surface area contributed by atoms with Crippen LogP contribution in [0.25, 0.3) is 4.96 Å². The predicted octanol–water partition coefficient (Wildman–Crippen LogP) is 1.77. The van der Waals surface area contributed by atoms with E-state index >= 15 is 0 Å². The molecule has 0 aliphatic carbocycles. The first kappa shape index (κ1) is 10.8. The summed E-state index contributed by atoms with van der Waals surface area (Å²) in [6.07, 6.45) is 6.40. The Hall–Kier alpha value is -1.31. The van der Waals surface area contributed by atoms with Crippen molar-refractivity contribution in [3.8, 4) is 0 Å². The second-order valence-electron chi connectivity index (χ2n) is 3.45. The summed E-state index contributed by atoms with van der Waals surface area (Å²) in [5, 5.41) is 3.87. The maximum absolute atomic E-state index is 5.65. The van der Waals surface area contributed by atoms with Crippen LogP contribution >= 0.6 is 23.1 Å². The maximum Gasteiger partial charge on any atom is 0.194 e. The van der Waals surface area contributed by atoms with Gasteiger partial charge in [-0.05, 0) is 18.3 Å². The zero-order chi connectivity index (χ0) is 11.7. The van der Waals surface area contributed by atoms with Gasteiger partial charge in [-0.25, -0.2) is 9.97 Å². The van der Waals surface area contributed by atoms with Crippen molar-refractivity contribution < 1.29 is 0 Å². The van der Waals surface area contributed by atoms with E-state index in [1.807, 2.05) is 17.8 Å². The standard InChI is InChI=1S/C10H11N5S2/c11-2-1-7-8(17-9-12-3-4-13-9)14-10-15(7)5-6-16-10/h3-6H,1-2,11H2,(H,12,13). The number of aromatic nitrogens is 4. The number of nitrogens with two attached hydrogens (primary N) is 1. The lowest BCUT2D eigenvalue weighted by atomic mass is 10.3. The number of nitrogens with zero attached hydrogens (tertiary/aromatic N) is 3. The van der Waals surface area contributed by atoms with Gasteiger partial charge in [0.2, 0.25) is 0 Å². The van der Waals surface area contributed by atoms with Gasteiger partial charge < -0.3 is 10.7 Å². The lowest BCUT2D eigenvalue weighted by Gasteiger charge is -2.00. The van der Waals surface area contributed by atoms with E-state index in [9.17, 15) is 0 Å². The van der Waals surface area contributed by atoms with Crippen LogP contribution in [0.2, 0.25) is 0 Å². The lowest BCUT2D eigenvalue weighted by molar-refractivity contribution is 0.877. The molecule has 0 atom stereocenters. The van der Waals surface area contributed by atoms with Crippen LogP contribution in [0, 0.1) is 0 Å². The Morgan fingerprint density at radius 2 is 2.47 bits per heavy atom. The van der Waals surface area contributed by atoms with Crippen LogP contribution in [-0.2, 0) is 6.42 Å². The summed E-state index contributed by atoms with van der Waals surface area (Å²) in [5.74, 6) is 0. The molecule has 7 heteroatoms. The molecule has 3 aromatic rings. The van der Waals surface area contributed by atoms with E-state index in [1.54, 1.807) is 29.3 Å². The molecule has 0 spiro atoms. The van der Waals surface area contributed by atoms with Crippen LogP contribution in [0.5, 0.6) is 0 Å². The Labute approximate surface area is 106 Å². The van der Waals surface area contributed by atoms with E-state index in [1.165, 1.54) is 0 Å². The van der Waals surface area contributed by atoms with Gasteiger partial charge in [-0.3, -0.25) is 4.40 Å². The Bertz CT molecular complexity index is 610. The lowest BCUT2D eigenvalue weighted by Crippen LogP contribution is -2.05. The van der Waals surface area contributed by atoms with Crippen molar-refractivity contribution >= 4 is 28.1 Å². The SMILES string of the molecule is NCCc1c(Sc2ncc[nH]2)nc2sccn12. The molecule has 3 aromatic heterocycles. The Balaban J connectivity index is 2.02. The summed E-state index contributed by atoms with van der Waals surface area (Å²) in [5.41, 5.74) is 6.81. The number of thiazole rings is 1. The molecule has 3 N–H and O–H groups in total. The molecule has 3 rings (SSSR count). The predicted molar refractivity (Wildman–Crippen MR) is 68.5 cm³/mol. The monoisotopic (exact) mass is 265 g/mol. The quantitative estimate of drug-likeness (QED) is 0.754. The van der Waals surface area contributed by atoms with Gasteiger partial charge in [0.25, 0.3) is 0 Å². The molecule has 0 radical (unpaired) electrons. The van der Waals surface area contributed by atoms with Crippen LogP contribution < -0.4 is 5.73 Å². The normalized spacial score (nSPS) is 11.4. The Morgan fingerprint density at radius 3 is 3.24 bits per heavy atom. The van der Waals surface area contributed by atoms with Crippen molar-refractivity contribution in [2.75, 3.05) is 6.54 Å². The number of aromatic amines is 1. The molecule has 0 aromatic carbocycles. The first-order valence-corrected chi connectivity index (χ1v) is 6.90. The van der Waals surface area contributed by atoms with Crippen molar-refractivity contribution in [3.63, 3.8) is 0 Å². The largest absolute Gasteiger partial charge is 0.339 e. The third-order valence-electron chi connectivity index (χ3n) is 2.37. The molecular weight excluding hydrogens is 254 g/mol. The summed E-state index contributed by atoms with van der Waals surface area (Å²) in [7, 11) is 0. The highest BCUT2D eigenvalue weighted by Crippen LogP contribution is 2.29. The van der Waals surface area contributed by atoms with E-state index in [0.29, 0.717) is 6.54 Å². The van der Waals surface area contributed by atoms with Gasteiger partial charge in [-0.2, -0.15) is 0 Å². The van der Waals surface area contributed by atoms with Crippen molar-refractivity contribution in [2.45, 2.75) is 16.6 Å². The number of nitrogens with one attached hydrogen (secondary N) is 1. The second kappa shape index (κ2) is 4.52. The molecule has 0 saturated carbocycles. The topological polar surface area (TPSA) is 72.0 Å². The fourth-order valence-corrected chi connectivity index (χ4v) is 3.32. The van der Waals surface area contributed by atoms with Gasteiger partial charge >= 0.3 is 0 Å². The molecule has 17 heavy (non-hydrogen) atoms. The van der Waals surface area contributed by atoms with Gasteiger partial charge in [0.05, 0.1) is 5.69 Å². The van der Waals surface area contributed by atoms with Gasteiger partial charge in [0.15, 0.2) is 10.1 Å². The summed E-state index contributed by atoms with van der Waals surface area (Å²) in [6, 6.07) is 0. The van der Waals surface area contributed by atoms with Crippen molar-refractivity contribution in [2.24, 2.45) is 5.73 Å². The summed E-state index contributed by atoms with van der Waals surface area (Å²) in [4.78, 5) is 12.9. The first-order chi connectivity index (χ1) is 8.38. The molecule has 0 aliphatic rings. The van der Waals surface area contributed by atoms with Crippen molar-refractivity contribution in [1.29, 1.82) is 0 Å². The molecule has 88 valence electrons. The summed E-state index contributed by atoms with van der Waals surface area (Å²) >= 11 is 3.17. The highest BCUT2D eigenvalue weighted by Gasteiger charge is 2.14. The minimum absolute atomic E-state index is 0.620. The molecule has 0 aliphatic heterocycles. The van der Waals surface area contributed by atoms with Crippen LogP contribution in [-0.4, -0.2) is 25.9 Å². The Morgan fingerprint density at radius 1 is 1.53 bits per heavy atom. The molecule has 0 bridgehead atoms. The van der Waals surface area contributed by atoms with Crippen LogP contribution in [0.15, 0.2) is 34.2 Å². The van der Waals surface area contributed by atoms with Gasteiger partial charge in [-0.15, -0.1) is 11.3 Å². The number of H-pyrrole nitrogens is 1. The van der Waals surface area contributed by atoms with E-state index < -0.39 is 0 Å². The zero-order valence-electron chi connectivity index (χ0n) is 8.96. The van der Waals surface area contributed by atoms with E-state index in [2.05, 4.69) is 19.4 Å². The zero-order valence-corrected chi connectivity index (χ0v) is 10.6. The van der Waals surface area contributed by atoms with E-state index in [4.69, 9.17) is 5.73 Å². The Kier molecular flexibility index (Phi) is 2.87. The van der Waals surface area contributed by atoms with Crippen molar-refractivity contribution in [1.82, 2.24) is 19.4 Å². The molecule has 5 nitrogen and oxygen atoms in total. The number of imidazole rings is 2. The molecular formula is C10H11N5S2. The maximum atomic E-state index is 5.65. The van der Waals surface area contributed by atoms with Crippen molar-refractivity contribution in [3.05, 3.63) is 29.7 Å². The smallest absolute Gasteiger partial charge is 0.194 e. The minimum atomic E-state index is 0.620. The first-order valence-electron chi connectivity index (χ1n) is 5.20.